The number of nitrogens with zero attached hydrogens (tertiary/aromatic N) is 3. The number of nitrogen functional groups attached to an aromatic ring is 1. The normalized spacial score (nSPS) is 14.6. The van der Waals surface area contributed by atoms with E-state index in [1.807, 2.05) is 12.1 Å². The van der Waals surface area contributed by atoms with E-state index in [1.165, 1.54) is 18.4 Å². The number of fused-ring (bicyclic) bond motifs is 1. The molecule has 0 saturated heterocycles. The third kappa shape index (κ3) is 2.02. The third-order valence-electron chi connectivity index (χ3n) is 3.28. The molecule has 0 amide bonds. The summed E-state index contributed by atoms with van der Waals surface area (Å²) < 4.78 is 2.26. The second kappa shape index (κ2) is 4.20. The molecular weight excluding hydrogens is 212 g/mol. The lowest BCUT2D eigenvalue weighted by atomic mass is 10.1. The maximum atomic E-state index is 5.68. The van der Waals surface area contributed by atoms with Crippen LogP contribution in [0, 0.1) is 0 Å². The monoisotopic (exact) mass is 228 g/mol. The molecule has 0 aliphatic carbocycles. The molecule has 0 unspecified atom stereocenters. The minimum absolute atomic E-state index is 0.803. The highest BCUT2D eigenvalue weighted by atomic mass is 15.3. The summed E-state index contributed by atoms with van der Waals surface area (Å²) in [7, 11) is 0. The standard InChI is InChI=1S/C13H16N4/c14-11-6-4-10(5-7-11)9-13-16-15-12-3-1-2-8-17(12)13/h4-7H,1-3,8-9,14H2. The number of nitrogens with two attached hydrogens (primary N) is 1. The Morgan fingerprint density at radius 3 is 2.76 bits per heavy atom. The predicted octanol–water partition coefficient (Wildman–Crippen LogP) is 1.79. The van der Waals surface area contributed by atoms with Crippen molar-refractivity contribution >= 4 is 5.69 Å². The molecule has 1 aromatic heterocycles. The number of hydrogen-bond acceptors (Lipinski definition) is 3. The molecule has 1 aliphatic heterocycles. The molecule has 0 fully saturated rings. The van der Waals surface area contributed by atoms with Crippen molar-refractivity contribution in [2.24, 2.45) is 0 Å². The van der Waals surface area contributed by atoms with Crippen LogP contribution in [0.4, 0.5) is 5.69 Å². The van der Waals surface area contributed by atoms with E-state index in [0.717, 1.165) is 36.7 Å². The minimum Gasteiger partial charge on any atom is -0.399 e. The summed E-state index contributed by atoms with van der Waals surface area (Å²) in [6.07, 6.45) is 4.38. The van der Waals surface area contributed by atoms with Gasteiger partial charge in [-0.05, 0) is 30.5 Å². The molecule has 0 spiro atoms. The number of aryl methyl sites for hydroxylation is 1. The number of anilines is 1. The zero-order valence-corrected chi connectivity index (χ0v) is 9.76. The van der Waals surface area contributed by atoms with Crippen LogP contribution >= 0.6 is 0 Å². The second-order valence-corrected chi connectivity index (χ2v) is 4.56. The first-order valence-corrected chi connectivity index (χ1v) is 6.08. The Labute approximate surface area is 100 Å². The number of hydrogen-bond donors (Lipinski definition) is 1. The van der Waals surface area contributed by atoms with Gasteiger partial charge < -0.3 is 10.3 Å². The van der Waals surface area contributed by atoms with Gasteiger partial charge in [0, 0.05) is 25.1 Å². The van der Waals surface area contributed by atoms with Crippen LogP contribution in [0.5, 0.6) is 0 Å². The van der Waals surface area contributed by atoms with Gasteiger partial charge in [-0.2, -0.15) is 0 Å². The molecule has 2 aromatic rings. The smallest absolute Gasteiger partial charge is 0.137 e. The Morgan fingerprint density at radius 1 is 1.12 bits per heavy atom. The average molecular weight is 228 g/mol. The second-order valence-electron chi connectivity index (χ2n) is 4.56. The van der Waals surface area contributed by atoms with E-state index in [2.05, 4.69) is 26.9 Å². The van der Waals surface area contributed by atoms with Crippen LogP contribution in [0.1, 0.15) is 30.1 Å². The van der Waals surface area contributed by atoms with Crippen molar-refractivity contribution in [2.45, 2.75) is 32.2 Å². The number of rotatable bonds is 2. The molecule has 4 heteroatoms. The van der Waals surface area contributed by atoms with E-state index in [0.29, 0.717) is 0 Å². The van der Waals surface area contributed by atoms with Crippen molar-refractivity contribution < 1.29 is 0 Å². The van der Waals surface area contributed by atoms with Crippen molar-refractivity contribution in [1.29, 1.82) is 0 Å². The Bertz CT molecular complexity index is 513. The van der Waals surface area contributed by atoms with Gasteiger partial charge in [0.15, 0.2) is 0 Å². The molecule has 88 valence electrons. The Kier molecular flexibility index (Phi) is 2.55. The van der Waals surface area contributed by atoms with Crippen molar-refractivity contribution in [3.63, 3.8) is 0 Å². The van der Waals surface area contributed by atoms with Crippen LogP contribution in [0.3, 0.4) is 0 Å². The van der Waals surface area contributed by atoms with Crippen LogP contribution in [0.25, 0.3) is 0 Å². The summed E-state index contributed by atoms with van der Waals surface area (Å²) in [6, 6.07) is 7.98. The lowest BCUT2D eigenvalue weighted by Gasteiger charge is -2.14. The zero-order chi connectivity index (χ0) is 11.7. The van der Waals surface area contributed by atoms with Crippen molar-refractivity contribution in [3.05, 3.63) is 41.5 Å². The minimum atomic E-state index is 0.803. The van der Waals surface area contributed by atoms with Crippen LogP contribution < -0.4 is 5.73 Å². The molecule has 0 radical (unpaired) electrons. The molecule has 1 aromatic carbocycles. The van der Waals surface area contributed by atoms with E-state index in [1.54, 1.807) is 0 Å². The zero-order valence-electron chi connectivity index (χ0n) is 9.76. The third-order valence-corrected chi connectivity index (χ3v) is 3.28. The lowest BCUT2D eigenvalue weighted by molar-refractivity contribution is 0.510. The molecule has 1 aliphatic rings. The summed E-state index contributed by atoms with van der Waals surface area (Å²) in [5.41, 5.74) is 7.72. The molecule has 17 heavy (non-hydrogen) atoms. The van der Waals surface area contributed by atoms with Crippen molar-refractivity contribution in [3.8, 4) is 0 Å². The Hall–Kier alpha value is -1.84. The molecule has 2 N–H and O–H groups in total. The Morgan fingerprint density at radius 2 is 1.94 bits per heavy atom. The van der Waals surface area contributed by atoms with Gasteiger partial charge >= 0.3 is 0 Å². The SMILES string of the molecule is Nc1ccc(Cc2nnc3n2CCCC3)cc1. The largest absolute Gasteiger partial charge is 0.399 e. The molecule has 2 heterocycles. The fourth-order valence-electron chi connectivity index (χ4n) is 2.32. The first-order chi connectivity index (χ1) is 8.33. The van der Waals surface area contributed by atoms with Gasteiger partial charge in [0.05, 0.1) is 0 Å². The highest BCUT2D eigenvalue weighted by Crippen LogP contribution is 2.17. The quantitative estimate of drug-likeness (QED) is 0.797. The first-order valence-electron chi connectivity index (χ1n) is 6.08. The van der Waals surface area contributed by atoms with Crippen molar-refractivity contribution in [1.82, 2.24) is 14.8 Å². The predicted molar refractivity (Wildman–Crippen MR) is 66.6 cm³/mol. The van der Waals surface area contributed by atoms with E-state index >= 15 is 0 Å². The van der Waals surface area contributed by atoms with E-state index in [4.69, 9.17) is 5.73 Å². The fraction of sp³-hybridized carbons (Fsp3) is 0.385. The number of benzene rings is 1. The summed E-state index contributed by atoms with van der Waals surface area (Å²) in [5.74, 6) is 2.21. The molecule has 0 saturated carbocycles. The van der Waals surface area contributed by atoms with E-state index in [9.17, 15) is 0 Å². The molecule has 0 bridgehead atoms. The van der Waals surface area contributed by atoms with Gasteiger partial charge in [0.25, 0.3) is 0 Å². The average Bonchev–Trinajstić information content (AvgIpc) is 2.76. The Balaban J connectivity index is 1.85. The van der Waals surface area contributed by atoms with Crippen molar-refractivity contribution in [2.75, 3.05) is 5.73 Å². The topological polar surface area (TPSA) is 56.7 Å². The summed E-state index contributed by atoms with van der Waals surface area (Å²) in [4.78, 5) is 0. The molecule has 3 rings (SSSR count). The maximum absolute atomic E-state index is 5.68. The van der Waals surface area contributed by atoms with Gasteiger partial charge in [-0.25, -0.2) is 0 Å². The van der Waals surface area contributed by atoms with E-state index in [-0.39, 0.29) is 0 Å². The van der Waals surface area contributed by atoms with Gasteiger partial charge in [-0.1, -0.05) is 12.1 Å². The van der Waals surface area contributed by atoms with Crippen LogP contribution in [0.15, 0.2) is 24.3 Å². The van der Waals surface area contributed by atoms with Gasteiger partial charge in [0.1, 0.15) is 11.6 Å². The number of aromatic nitrogens is 3. The van der Waals surface area contributed by atoms with Crippen LogP contribution in [0.2, 0.25) is 0 Å². The lowest BCUT2D eigenvalue weighted by Crippen LogP contribution is -2.13. The highest BCUT2D eigenvalue weighted by molar-refractivity contribution is 5.39. The van der Waals surface area contributed by atoms with Gasteiger partial charge in [-0.3, -0.25) is 0 Å². The highest BCUT2D eigenvalue weighted by Gasteiger charge is 2.15. The van der Waals surface area contributed by atoms with E-state index < -0.39 is 0 Å². The summed E-state index contributed by atoms with van der Waals surface area (Å²) in [6.45, 7) is 1.06. The first kappa shape index (κ1) is 10.3. The van der Waals surface area contributed by atoms with Crippen LogP contribution in [-0.2, 0) is 19.4 Å². The molecular formula is C13H16N4. The summed E-state index contributed by atoms with van der Waals surface area (Å²) in [5, 5.41) is 8.56. The van der Waals surface area contributed by atoms with Crippen LogP contribution in [-0.4, -0.2) is 14.8 Å². The van der Waals surface area contributed by atoms with Gasteiger partial charge in [0.2, 0.25) is 0 Å². The maximum Gasteiger partial charge on any atom is 0.137 e. The van der Waals surface area contributed by atoms with Gasteiger partial charge in [-0.15, -0.1) is 10.2 Å². The molecule has 0 atom stereocenters. The molecule has 4 nitrogen and oxygen atoms in total. The summed E-state index contributed by atoms with van der Waals surface area (Å²) >= 11 is 0. The fourth-order valence-corrected chi connectivity index (χ4v) is 2.32.